The number of esters is 2. The van der Waals surface area contributed by atoms with E-state index in [1.165, 1.54) is 6.08 Å². The van der Waals surface area contributed by atoms with Gasteiger partial charge in [-0.15, -0.1) is 0 Å². The third kappa shape index (κ3) is 5.75. The molecule has 0 saturated heterocycles. The van der Waals surface area contributed by atoms with Crippen molar-refractivity contribution in [3.8, 4) is 5.75 Å². The van der Waals surface area contributed by atoms with Crippen LogP contribution in [0.4, 0.5) is 5.69 Å². The van der Waals surface area contributed by atoms with E-state index in [4.69, 9.17) is 26.4 Å². The first-order valence-corrected chi connectivity index (χ1v) is 14.7. The average Bonchev–Trinajstić information content (AvgIpc) is 3.38. The molecule has 0 spiro atoms. The van der Waals surface area contributed by atoms with Crippen LogP contribution in [0.2, 0.25) is 0 Å². The molecule has 208 valence electrons. The lowest BCUT2D eigenvalue weighted by atomic mass is 9.83. The van der Waals surface area contributed by atoms with E-state index in [-0.39, 0.29) is 28.9 Å². The summed E-state index contributed by atoms with van der Waals surface area (Å²) >= 11 is 8.30. The van der Waals surface area contributed by atoms with Gasteiger partial charge in [-0.05, 0) is 57.5 Å². The predicted molar refractivity (Wildman–Crippen MR) is 165 cm³/mol. The van der Waals surface area contributed by atoms with E-state index >= 15 is 0 Å². The first-order chi connectivity index (χ1) is 19.1. The third-order valence-electron chi connectivity index (χ3n) is 6.22. The van der Waals surface area contributed by atoms with Gasteiger partial charge in [0.05, 0.1) is 40.7 Å². The SMILES string of the molecule is CCOC(=O)C1=C(C(=O)OCC)SC(=C2C(=S)C(C)(C)N(C(=O)C=Cc3ccccc3)c3ccc(OC)cc32)S1. The van der Waals surface area contributed by atoms with Crippen molar-refractivity contribution in [2.45, 2.75) is 33.2 Å². The third-order valence-corrected chi connectivity index (χ3v) is 9.48. The van der Waals surface area contributed by atoms with Gasteiger partial charge in [-0.2, -0.15) is 0 Å². The molecule has 0 N–H and O–H groups in total. The van der Waals surface area contributed by atoms with E-state index in [9.17, 15) is 14.4 Å². The predicted octanol–water partition coefficient (Wildman–Crippen LogP) is 6.39. The first kappa shape index (κ1) is 29.6. The molecule has 0 aliphatic carbocycles. The maximum Gasteiger partial charge on any atom is 0.346 e. The number of methoxy groups -OCH3 is 1. The molecular formula is C30H29NO6S3. The second-order valence-electron chi connectivity index (χ2n) is 9.15. The maximum absolute atomic E-state index is 13.7. The van der Waals surface area contributed by atoms with Gasteiger partial charge in [0.15, 0.2) is 0 Å². The first-order valence-electron chi connectivity index (χ1n) is 12.6. The van der Waals surface area contributed by atoms with Gasteiger partial charge >= 0.3 is 11.9 Å². The van der Waals surface area contributed by atoms with E-state index in [0.717, 1.165) is 29.1 Å². The lowest BCUT2D eigenvalue weighted by Gasteiger charge is -2.45. The van der Waals surface area contributed by atoms with Gasteiger partial charge in [0.2, 0.25) is 0 Å². The van der Waals surface area contributed by atoms with Crippen molar-refractivity contribution in [1.82, 2.24) is 0 Å². The minimum absolute atomic E-state index is 0.155. The van der Waals surface area contributed by atoms with Crippen LogP contribution in [0.15, 0.2) is 68.7 Å². The Kier molecular flexibility index (Phi) is 9.22. The number of ether oxygens (including phenoxy) is 3. The lowest BCUT2D eigenvalue weighted by Crippen LogP contribution is -2.55. The summed E-state index contributed by atoms with van der Waals surface area (Å²) in [4.78, 5) is 41.8. The summed E-state index contributed by atoms with van der Waals surface area (Å²) < 4.78 is 16.6. The number of thiocarbonyl (C=S) groups is 1. The van der Waals surface area contributed by atoms with Crippen molar-refractivity contribution in [2.75, 3.05) is 25.2 Å². The van der Waals surface area contributed by atoms with Gasteiger partial charge in [-0.25, -0.2) is 9.59 Å². The summed E-state index contributed by atoms with van der Waals surface area (Å²) in [5.41, 5.74) is 1.92. The second kappa shape index (κ2) is 12.4. The van der Waals surface area contributed by atoms with Crippen molar-refractivity contribution >= 4 is 75.8 Å². The molecule has 2 aliphatic rings. The Labute approximate surface area is 247 Å². The van der Waals surface area contributed by atoms with Gasteiger partial charge in [-0.3, -0.25) is 9.69 Å². The molecule has 0 saturated carbocycles. The van der Waals surface area contributed by atoms with Crippen molar-refractivity contribution in [3.05, 3.63) is 79.8 Å². The van der Waals surface area contributed by atoms with Crippen LogP contribution in [-0.2, 0) is 23.9 Å². The number of hydrogen-bond acceptors (Lipinski definition) is 9. The Balaban J connectivity index is 1.85. The van der Waals surface area contributed by atoms with Crippen LogP contribution in [0.3, 0.4) is 0 Å². The number of benzene rings is 2. The number of fused-ring (bicyclic) bond motifs is 1. The van der Waals surface area contributed by atoms with Crippen LogP contribution in [0, 0.1) is 0 Å². The van der Waals surface area contributed by atoms with E-state index in [1.807, 2.05) is 56.3 Å². The fourth-order valence-electron chi connectivity index (χ4n) is 4.33. The largest absolute Gasteiger partial charge is 0.497 e. The van der Waals surface area contributed by atoms with Crippen molar-refractivity contribution in [3.63, 3.8) is 0 Å². The number of nitrogens with zero attached hydrogens (tertiary/aromatic N) is 1. The number of anilines is 1. The van der Waals surface area contributed by atoms with Crippen LogP contribution in [0.5, 0.6) is 5.75 Å². The monoisotopic (exact) mass is 595 g/mol. The van der Waals surface area contributed by atoms with E-state index in [0.29, 0.717) is 31.7 Å². The molecule has 2 aromatic rings. The number of hydrogen-bond donors (Lipinski definition) is 0. The van der Waals surface area contributed by atoms with E-state index in [2.05, 4.69) is 0 Å². The van der Waals surface area contributed by atoms with Gasteiger partial charge < -0.3 is 14.2 Å². The van der Waals surface area contributed by atoms with Crippen LogP contribution in [-0.4, -0.2) is 48.6 Å². The molecular weight excluding hydrogens is 567 g/mol. The minimum atomic E-state index is -0.921. The van der Waals surface area contributed by atoms with Crippen molar-refractivity contribution in [1.29, 1.82) is 0 Å². The molecule has 0 bridgehead atoms. The van der Waals surface area contributed by atoms with Gasteiger partial charge in [0.25, 0.3) is 5.91 Å². The molecule has 4 rings (SSSR count). The second-order valence-corrected chi connectivity index (χ2v) is 11.9. The highest BCUT2D eigenvalue weighted by Gasteiger charge is 2.46. The highest BCUT2D eigenvalue weighted by atomic mass is 32.2. The Morgan fingerprint density at radius 1 is 0.950 bits per heavy atom. The molecule has 7 nitrogen and oxygen atoms in total. The molecule has 0 atom stereocenters. The number of thioether (sulfide) groups is 2. The van der Waals surface area contributed by atoms with Crippen LogP contribution >= 0.6 is 35.7 Å². The Hall–Kier alpha value is -3.34. The molecule has 2 aromatic carbocycles. The standard InChI is InChI=1S/C30H29NO6S3/c1-6-36-27(33)24-25(28(34)37-7-2)40-29(39-24)23-20-17-19(35-5)14-15-21(20)31(30(3,4)26(23)38)22(32)16-13-18-11-9-8-10-12-18/h8-17H,6-7H2,1-5H3. The van der Waals surface area contributed by atoms with Crippen LogP contribution in [0.25, 0.3) is 11.6 Å². The normalized spacial score (nSPS) is 16.3. The summed E-state index contributed by atoms with van der Waals surface area (Å²) in [5.74, 6) is -0.874. The smallest absolute Gasteiger partial charge is 0.346 e. The van der Waals surface area contributed by atoms with Crippen molar-refractivity contribution < 1.29 is 28.6 Å². The zero-order valence-electron chi connectivity index (χ0n) is 22.8. The lowest BCUT2D eigenvalue weighted by molar-refractivity contribution is -0.140. The van der Waals surface area contributed by atoms with Crippen LogP contribution in [0.1, 0.15) is 38.8 Å². The molecule has 2 heterocycles. The molecule has 0 fully saturated rings. The van der Waals surface area contributed by atoms with E-state index < -0.39 is 17.5 Å². The molecule has 0 unspecified atom stereocenters. The van der Waals surface area contributed by atoms with Crippen molar-refractivity contribution in [2.24, 2.45) is 0 Å². The quantitative estimate of drug-likeness (QED) is 0.205. The molecule has 10 heteroatoms. The summed E-state index contributed by atoms with van der Waals surface area (Å²) in [7, 11) is 1.56. The number of amides is 1. The molecule has 0 aromatic heterocycles. The topological polar surface area (TPSA) is 82.1 Å². The Bertz CT molecular complexity index is 1430. The highest BCUT2D eigenvalue weighted by Crippen LogP contribution is 2.56. The highest BCUT2D eigenvalue weighted by molar-refractivity contribution is 8.29. The number of carbonyl (C=O) groups is 3. The van der Waals surface area contributed by atoms with Gasteiger partial charge in [0.1, 0.15) is 15.6 Å². The molecule has 0 radical (unpaired) electrons. The van der Waals surface area contributed by atoms with Gasteiger partial charge in [0, 0.05) is 17.2 Å². The average molecular weight is 596 g/mol. The molecule has 1 amide bonds. The molecule has 40 heavy (non-hydrogen) atoms. The summed E-state index contributed by atoms with van der Waals surface area (Å²) in [5, 5.41) is 0. The summed E-state index contributed by atoms with van der Waals surface area (Å²) in [6.45, 7) is 7.49. The minimum Gasteiger partial charge on any atom is -0.497 e. The maximum atomic E-state index is 13.7. The number of carbonyl (C=O) groups excluding carboxylic acids is 3. The number of rotatable bonds is 7. The molecule has 2 aliphatic heterocycles. The Morgan fingerprint density at radius 2 is 1.55 bits per heavy atom. The fourth-order valence-corrected chi connectivity index (χ4v) is 7.32. The summed E-state index contributed by atoms with van der Waals surface area (Å²) in [6.07, 6.45) is 3.30. The fraction of sp³-hybridized carbons (Fsp3) is 0.267. The zero-order chi connectivity index (χ0) is 29.0. The van der Waals surface area contributed by atoms with E-state index in [1.54, 1.807) is 38.0 Å². The van der Waals surface area contributed by atoms with Gasteiger partial charge in [-0.1, -0.05) is 66.1 Å². The zero-order valence-corrected chi connectivity index (χ0v) is 25.3. The van der Waals surface area contributed by atoms with Crippen LogP contribution < -0.4 is 9.64 Å². The Morgan fingerprint density at radius 3 is 2.10 bits per heavy atom. The summed E-state index contributed by atoms with van der Waals surface area (Å²) in [6, 6.07) is 15.0.